The molecule has 4 rings (SSSR count). The lowest BCUT2D eigenvalue weighted by Crippen LogP contribution is -2.32. The molecule has 0 heterocycles. The maximum absolute atomic E-state index is 4.01. The van der Waals surface area contributed by atoms with Crippen molar-refractivity contribution < 1.29 is 0 Å². The molecule has 4 aliphatic rings. The Morgan fingerprint density at radius 1 is 0.647 bits per heavy atom. The monoisotopic (exact) mass is 378 g/mol. The minimum Gasteiger partial charge on any atom is -0.152 e. The minimum absolute atomic E-state index is 0.824. The summed E-state index contributed by atoms with van der Waals surface area (Å²) >= 11 is 10.4. The first kappa shape index (κ1) is 12.1. The summed E-state index contributed by atoms with van der Waals surface area (Å²) in [4.78, 5) is 1.65. The number of fused-ring (bicyclic) bond motifs is 4. The highest BCUT2D eigenvalue weighted by atomic mass is 79.9. The first-order valence-corrected chi connectivity index (χ1v) is 9.95. The summed E-state index contributed by atoms with van der Waals surface area (Å²) in [6, 6.07) is 0. The lowest BCUT2D eigenvalue weighted by Gasteiger charge is -2.34. The van der Waals surface area contributed by atoms with Gasteiger partial charge in [-0.05, 0) is 62.2 Å². The molecule has 0 nitrogen and oxygen atoms in total. The third kappa shape index (κ3) is 1.81. The van der Waals surface area contributed by atoms with Crippen molar-refractivity contribution in [3.63, 3.8) is 0 Å². The van der Waals surface area contributed by atoms with Gasteiger partial charge in [0.2, 0.25) is 0 Å². The van der Waals surface area contributed by atoms with Crippen molar-refractivity contribution in [2.24, 2.45) is 23.7 Å². The number of hydrogen-bond acceptors (Lipinski definition) is 1. The molecule has 0 spiro atoms. The number of thioether (sulfide) groups is 1. The predicted octanol–water partition coefficient (Wildman–Crippen LogP) is 4.84. The molecule has 0 aromatic carbocycles. The van der Waals surface area contributed by atoms with Crippen LogP contribution in [0.3, 0.4) is 0 Å². The van der Waals surface area contributed by atoms with E-state index in [4.69, 9.17) is 0 Å². The smallest absolute Gasteiger partial charge is 0.0295 e. The van der Waals surface area contributed by atoms with Crippen molar-refractivity contribution in [2.45, 2.75) is 58.7 Å². The predicted molar refractivity (Wildman–Crippen MR) is 82.3 cm³/mol. The summed E-state index contributed by atoms with van der Waals surface area (Å²) in [6.07, 6.45) is 9.04. The Balaban J connectivity index is 1.47. The van der Waals surface area contributed by atoms with E-state index in [1.54, 1.807) is 0 Å². The summed E-state index contributed by atoms with van der Waals surface area (Å²) in [7, 11) is 0. The summed E-state index contributed by atoms with van der Waals surface area (Å²) in [5.41, 5.74) is 0. The Morgan fingerprint density at radius 2 is 1.06 bits per heavy atom. The van der Waals surface area contributed by atoms with Gasteiger partial charge in [0.1, 0.15) is 0 Å². The van der Waals surface area contributed by atoms with Gasteiger partial charge in [-0.3, -0.25) is 0 Å². The number of hydrogen-bond donors (Lipinski definition) is 0. The SMILES string of the molecule is Br[C@@H]1[C@@H]2CC[C@H](C2)[C@H]1S[C@H]1[C@@H]2CC[C@H](C2)[C@@H]1Br. The van der Waals surface area contributed by atoms with Crippen LogP contribution in [0.5, 0.6) is 0 Å². The van der Waals surface area contributed by atoms with Gasteiger partial charge >= 0.3 is 0 Å². The molecule has 4 saturated carbocycles. The summed E-state index contributed by atoms with van der Waals surface area (Å²) in [5, 5.41) is 1.86. The quantitative estimate of drug-likeness (QED) is 0.618. The van der Waals surface area contributed by atoms with Crippen molar-refractivity contribution in [1.29, 1.82) is 0 Å². The fraction of sp³-hybridized carbons (Fsp3) is 1.00. The lowest BCUT2D eigenvalue weighted by atomic mass is 9.99. The van der Waals surface area contributed by atoms with E-state index >= 15 is 0 Å². The van der Waals surface area contributed by atoms with E-state index in [-0.39, 0.29) is 0 Å². The van der Waals surface area contributed by atoms with Crippen LogP contribution in [0, 0.1) is 23.7 Å². The van der Waals surface area contributed by atoms with Gasteiger partial charge in [-0.1, -0.05) is 31.9 Å². The number of rotatable bonds is 2. The first-order valence-electron chi connectivity index (χ1n) is 7.17. The molecule has 8 atom stereocenters. The van der Waals surface area contributed by atoms with Crippen molar-refractivity contribution in [3.05, 3.63) is 0 Å². The Kier molecular flexibility index (Phi) is 3.13. The molecule has 4 aliphatic carbocycles. The summed E-state index contributed by atoms with van der Waals surface area (Å²) < 4.78 is 0. The van der Waals surface area contributed by atoms with Crippen LogP contribution in [0.1, 0.15) is 38.5 Å². The zero-order valence-electron chi connectivity index (χ0n) is 10.0. The average Bonchev–Trinajstić information content (AvgIpc) is 3.05. The van der Waals surface area contributed by atoms with Gasteiger partial charge in [-0.15, -0.1) is 0 Å². The molecular weight excluding hydrogens is 360 g/mol. The second kappa shape index (κ2) is 4.41. The zero-order valence-corrected chi connectivity index (χ0v) is 14.0. The molecule has 4 fully saturated rings. The van der Waals surface area contributed by atoms with E-state index in [0.29, 0.717) is 0 Å². The first-order chi connectivity index (χ1) is 8.24. The highest BCUT2D eigenvalue weighted by Crippen LogP contribution is 2.59. The van der Waals surface area contributed by atoms with E-state index in [2.05, 4.69) is 43.6 Å². The van der Waals surface area contributed by atoms with Gasteiger partial charge in [-0.25, -0.2) is 0 Å². The Labute approximate surface area is 125 Å². The molecule has 3 heteroatoms. The summed E-state index contributed by atoms with van der Waals surface area (Å²) in [6.45, 7) is 0. The van der Waals surface area contributed by atoms with E-state index in [0.717, 1.165) is 43.8 Å². The maximum atomic E-state index is 4.01. The molecule has 0 unspecified atom stereocenters. The molecule has 0 N–H and O–H groups in total. The van der Waals surface area contributed by atoms with E-state index in [1.165, 1.54) is 38.5 Å². The van der Waals surface area contributed by atoms with Crippen molar-refractivity contribution in [1.82, 2.24) is 0 Å². The normalized spacial score (nSPS) is 60.4. The van der Waals surface area contributed by atoms with E-state index < -0.39 is 0 Å². The van der Waals surface area contributed by atoms with E-state index in [1.807, 2.05) is 0 Å². The molecular formula is C14H20Br2S. The highest BCUT2D eigenvalue weighted by Gasteiger charge is 2.52. The van der Waals surface area contributed by atoms with Crippen LogP contribution in [0.4, 0.5) is 0 Å². The summed E-state index contributed by atoms with van der Waals surface area (Å²) in [5.74, 6) is 4.08. The van der Waals surface area contributed by atoms with Gasteiger partial charge in [0, 0.05) is 20.2 Å². The van der Waals surface area contributed by atoms with Crippen molar-refractivity contribution in [3.8, 4) is 0 Å². The van der Waals surface area contributed by atoms with Gasteiger partial charge in [0.05, 0.1) is 0 Å². The molecule has 0 radical (unpaired) electrons. The Hall–Kier alpha value is 1.31. The third-order valence-corrected chi connectivity index (χ3v) is 11.1. The second-order valence-electron chi connectivity index (χ2n) is 6.62. The van der Waals surface area contributed by atoms with Crippen LogP contribution in [0.15, 0.2) is 0 Å². The molecule has 0 aromatic rings. The lowest BCUT2D eigenvalue weighted by molar-refractivity contribution is 0.488. The van der Waals surface area contributed by atoms with Crippen molar-refractivity contribution >= 4 is 43.6 Å². The number of alkyl halides is 2. The minimum atomic E-state index is 0.824. The zero-order chi connectivity index (χ0) is 11.6. The molecule has 0 saturated heterocycles. The Bertz CT molecular complexity index is 287. The topological polar surface area (TPSA) is 0 Å². The van der Waals surface area contributed by atoms with Gasteiger partial charge in [-0.2, -0.15) is 11.8 Å². The van der Waals surface area contributed by atoms with Crippen LogP contribution < -0.4 is 0 Å². The Morgan fingerprint density at radius 3 is 1.41 bits per heavy atom. The fourth-order valence-corrected chi connectivity index (χ4v) is 9.51. The largest absolute Gasteiger partial charge is 0.152 e. The number of halogens is 2. The van der Waals surface area contributed by atoms with Crippen LogP contribution >= 0.6 is 43.6 Å². The molecule has 0 aromatic heterocycles. The van der Waals surface area contributed by atoms with Crippen molar-refractivity contribution in [2.75, 3.05) is 0 Å². The molecule has 4 bridgehead atoms. The van der Waals surface area contributed by atoms with Crippen LogP contribution in [-0.4, -0.2) is 20.2 Å². The molecule has 0 amide bonds. The van der Waals surface area contributed by atoms with Gasteiger partial charge in [0.25, 0.3) is 0 Å². The molecule has 0 aliphatic heterocycles. The average molecular weight is 380 g/mol. The van der Waals surface area contributed by atoms with Gasteiger partial charge in [0.15, 0.2) is 0 Å². The molecule has 96 valence electrons. The van der Waals surface area contributed by atoms with Crippen LogP contribution in [-0.2, 0) is 0 Å². The van der Waals surface area contributed by atoms with Gasteiger partial charge < -0.3 is 0 Å². The third-order valence-electron chi connectivity index (χ3n) is 5.80. The standard InChI is InChI=1S/C14H20Br2S/c15-11-7-1-3-9(5-7)13(11)17-14-10-4-2-8(6-10)12(14)16/h7-14H,1-6H2/t7-,8-,9-,10-,11-,12+,13-,14+/m1/s1. The maximum Gasteiger partial charge on any atom is 0.0295 e. The van der Waals surface area contributed by atoms with Crippen LogP contribution in [0.25, 0.3) is 0 Å². The fourth-order valence-electron chi connectivity index (χ4n) is 4.89. The highest BCUT2D eigenvalue weighted by molar-refractivity contribution is 9.10. The van der Waals surface area contributed by atoms with Crippen LogP contribution in [0.2, 0.25) is 0 Å². The second-order valence-corrected chi connectivity index (χ2v) is 10.1. The van der Waals surface area contributed by atoms with E-state index in [9.17, 15) is 0 Å². The molecule has 17 heavy (non-hydrogen) atoms.